The molecule has 0 spiro atoms. The van der Waals surface area contributed by atoms with Crippen LogP contribution in [0.15, 0.2) is 24.3 Å². The average molecular weight is 514 g/mol. The summed E-state index contributed by atoms with van der Waals surface area (Å²) in [5.74, 6) is 0.928. The molecule has 1 fully saturated rings. The number of hydrogen-bond donors (Lipinski definition) is 1. The standard InChI is InChI=1S/C27H33F2N5OS/c1-17-5-6-25(36-17)20-14-18-4-3-10-33(24(18)15-21(20)26(28)29)27-22-16-32(30-2)11-7-23(22)34(31-27)19-8-12-35-13-9-19/h5-6,14-15,19,26,30H,3-4,7-13,16H2,1-2H3. The third-order valence-electron chi connectivity index (χ3n) is 7.78. The van der Waals surface area contributed by atoms with Gasteiger partial charge in [0.05, 0.1) is 6.04 Å². The van der Waals surface area contributed by atoms with Crippen molar-refractivity contribution in [3.63, 3.8) is 0 Å². The molecule has 0 atom stereocenters. The molecule has 1 saturated heterocycles. The minimum absolute atomic E-state index is 0.108. The van der Waals surface area contributed by atoms with Crippen molar-refractivity contribution in [2.24, 2.45) is 0 Å². The van der Waals surface area contributed by atoms with Crippen molar-refractivity contribution < 1.29 is 13.5 Å². The quantitative estimate of drug-likeness (QED) is 0.468. The van der Waals surface area contributed by atoms with Gasteiger partial charge in [-0.2, -0.15) is 5.10 Å². The fourth-order valence-electron chi connectivity index (χ4n) is 5.91. The van der Waals surface area contributed by atoms with Gasteiger partial charge in [-0.25, -0.2) is 13.8 Å². The highest BCUT2D eigenvalue weighted by Crippen LogP contribution is 2.44. The Hall–Kier alpha value is -2.33. The predicted octanol–water partition coefficient (Wildman–Crippen LogP) is 5.79. The van der Waals surface area contributed by atoms with Gasteiger partial charge in [0.25, 0.3) is 6.43 Å². The number of thiophene rings is 1. The van der Waals surface area contributed by atoms with E-state index in [1.165, 1.54) is 11.3 Å². The molecule has 2 aromatic heterocycles. The highest BCUT2D eigenvalue weighted by atomic mass is 32.1. The van der Waals surface area contributed by atoms with Crippen molar-refractivity contribution >= 4 is 22.8 Å². The Morgan fingerprint density at radius 2 is 1.97 bits per heavy atom. The molecule has 9 heteroatoms. The predicted molar refractivity (Wildman–Crippen MR) is 139 cm³/mol. The number of rotatable bonds is 5. The van der Waals surface area contributed by atoms with Crippen LogP contribution in [-0.4, -0.2) is 48.1 Å². The van der Waals surface area contributed by atoms with Crippen LogP contribution in [-0.2, 0) is 24.1 Å². The van der Waals surface area contributed by atoms with Gasteiger partial charge in [-0.3, -0.25) is 10.1 Å². The van der Waals surface area contributed by atoms with E-state index >= 15 is 0 Å². The van der Waals surface area contributed by atoms with Gasteiger partial charge >= 0.3 is 0 Å². The van der Waals surface area contributed by atoms with E-state index in [0.717, 1.165) is 91.8 Å². The lowest BCUT2D eigenvalue weighted by Crippen LogP contribution is -2.40. The Morgan fingerprint density at radius 3 is 2.69 bits per heavy atom. The van der Waals surface area contributed by atoms with Crippen LogP contribution < -0.4 is 10.3 Å². The first-order valence-electron chi connectivity index (χ1n) is 12.9. The number of fused-ring (bicyclic) bond motifs is 2. The number of halogens is 2. The lowest BCUT2D eigenvalue weighted by atomic mass is 9.94. The topological polar surface area (TPSA) is 45.6 Å². The van der Waals surface area contributed by atoms with Gasteiger partial charge in [0.1, 0.15) is 0 Å². The molecule has 6 nitrogen and oxygen atoms in total. The third-order valence-corrected chi connectivity index (χ3v) is 8.82. The normalized spacial score (nSPS) is 19.1. The summed E-state index contributed by atoms with van der Waals surface area (Å²) in [6.45, 7) is 5.99. The summed E-state index contributed by atoms with van der Waals surface area (Å²) in [7, 11) is 1.95. The van der Waals surface area contributed by atoms with Crippen LogP contribution in [0.4, 0.5) is 20.3 Å². The van der Waals surface area contributed by atoms with E-state index in [4.69, 9.17) is 9.84 Å². The van der Waals surface area contributed by atoms with Crippen LogP contribution in [0.2, 0.25) is 0 Å². The van der Waals surface area contributed by atoms with Gasteiger partial charge < -0.3 is 9.64 Å². The second kappa shape index (κ2) is 9.85. The maximum absolute atomic E-state index is 14.4. The third kappa shape index (κ3) is 4.26. The van der Waals surface area contributed by atoms with E-state index in [1.54, 1.807) is 17.4 Å². The molecule has 3 aliphatic heterocycles. The molecule has 6 rings (SSSR count). The molecule has 3 aromatic rings. The summed E-state index contributed by atoms with van der Waals surface area (Å²) >= 11 is 1.58. The highest BCUT2D eigenvalue weighted by molar-refractivity contribution is 7.15. The van der Waals surface area contributed by atoms with E-state index < -0.39 is 6.43 Å². The van der Waals surface area contributed by atoms with Gasteiger partial charge in [-0.1, -0.05) is 0 Å². The summed E-state index contributed by atoms with van der Waals surface area (Å²) in [6, 6.07) is 8.04. The number of ether oxygens (including phenoxy) is 1. The summed E-state index contributed by atoms with van der Waals surface area (Å²) in [5.41, 5.74) is 8.58. The zero-order valence-electron chi connectivity index (χ0n) is 20.9. The minimum Gasteiger partial charge on any atom is -0.381 e. The number of nitrogens with one attached hydrogen (secondary N) is 1. The Balaban J connectivity index is 1.46. The van der Waals surface area contributed by atoms with Crippen LogP contribution in [0.3, 0.4) is 0 Å². The molecule has 0 amide bonds. The number of alkyl halides is 2. The number of aromatic nitrogens is 2. The molecular weight excluding hydrogens is 480 g/mol. The molecule has 36 heavy (non-hydrogen) atoms. The highest BCUT2D eigenvalue weighted by Gasteiger charge is 2.33. The number of anilines is 2. The average Bonchev–Trinajstić information content (AvgIpc) is 3.51. The van der Waals surface area contributed by atoms with E-state index in [2.05, 4.69) is 20.0 Å². The second-order valence-corrected chi connectivity index (χ2v) is 11.3. The zero-order valence-corrected chi connectivity index (χ0v) is 21.7. The van der Waals surface area contributed by atoms with Crippen molar-refractivity contribution in [2.75, 3.05) is 38.3 Å². The van der Waals surface area contributed by atoms with Gasteiger partial charge in [-0.15, -0.1) is 11.3 Å². The summed E-state index contributed by atoms with van der Waals surface area (Å²) < 4.78 is 36.6. The number of aryl methyl sites for hydroxylation is 2. The van der Waals surface area contributed by atoms with Crippen molar-refractivity contribution in [3.8, 4) is 10.4 Å². The van der Waals surface area contributed by atoms with Gasteiger partial charge in [0.15, 0.2) is 5.82 Å². The zero-order chi connectivity index (χ0) is 24.8. The Bertz CT molecular complexity index is 1250. The Morgan fingerprint density at radius 1 is 1.14 bits per heavy atom. The molecule has 1 aromatic carbocycles. The minimum atomic E-state index is -2.54. The van der Waals surface area contributed by atoms with Crippen LogP contribution in [0.1, 0.15) is 59.0 Å². The Labute approximate surface area is 214 Å². The molecule has 3 aliphatic rings. The van der Waals surface area contributed by atoms with E-state index in [1.807, 2.05) is 32.2 Å². The SMILES string of the molecule is CNN1CCc2c(c(N3CCCc4cc(-c5ccc(C)s5)c(C(F)F)cc43)nn2C2CCOCC2)C1. The van der Waals surface area contributed by atoms with Crippen molar-refractivity contribution in [3.05, 3.63) is 51.5 Å². The van der Waals surface area contributed by atoms with Gasteiger partial charge in [-0.05, 0) is 69.5 Å². The first kappa shape index (κ1) is 24.0. The molecule has 0 radical (unpaired) electrons. The number of nitrogens with zero attached hydrogens (tertiary/aromatic N) is 4. The van der Waals surface area contributed by atoms with Crippen molar-refractivity contribution in [1.29, 1.82) is 0 Å². The summed E-state index contributed by atoms with van der Waals surface area (Å²) in [6.07, 6.45) is 2.15. The molecule has 192 valence electrons. The number of hydrogen-bond acceptors (Lipinski definition) is 6. The Kier molecular flexibility index (Phi) is 6.58. The number of hydrazine groups is 1. The molecule has 0 saturated carbocycles. The number of benzene rings is 1. The van der Waals surface area contributed by atoms with Crippen molar-refractivity contribution in [2.45, 2.75) is 58.0 Å². The fraction of sp³-hybridized carbons (Fsp3) is 0.519. The second-order valence-electron chi connectivity index (χ2n) is 9.97. The first-order valence-corrected chi connectivity index (χ1v) is 13.7. The monoisotopic (exact) mass is 513 g/mol. The van der Waals surface area contributed by atoms with E-state index in [0.29, 0.717) is 11.6 Å². The lowest BCUT2D eigenvalue weighted by molar-refractivity contribution is 0.0648. The van der Waals surface area contributed by atoms with Crippen LogP contribution in [0.5, 0.6) is 0 Å². The molecule has 5 heterocycles. The van der Waals surface area contributed by atoms with Crippen LogP contribution >= 0.6 is 11.3 Å². The smallest absolute Gasteiger partial charge is 0.264 e. The molecule has 1 N–H and O–H groups in total. The summed E-state index contributed by atoms with van der Waals surface area (Å²) in [4.78, 5) is 4.25. The van der Waals surface area contributed by atoms with E-state index in [-0.39, 0.29) is 5.56 Å². The summed E-state index contributed by atoms with van der Waals surface area (Å²) in [5, 5.41) is 7.42. The maximum atomic E-state index is 14.4. The maximum Gasteiger partial charge on any atom is 0.264 e. The fourth-order valence-corrected chi connectivity index (χ4v) is 6.82. The first-order chi connectivity index (χ1) is 17.5. The van der Waals surface area contributed by atoms with Gasteiger partial charge in [0, 0.05) is 77.1 Å². The van der Waals surface area contributed by atoms with Crippen LogP contribution in [0.25, 0.3) is 10.4 Å². The molecular formula is C27H33F2N5OS. The van der Waals surface area contributed by atoms with E-state index in [9.17, 15) is 8.78 Å². The molecule has 0 unspecified atom stereocenters. The lowest BCUT2D eigenvalue weighted by Gasteiger charge is -2.33. The largest absolute Gasteiger partial charge is 0.381 e. The molecule has 0 aliphatic carbocycles. The van der Waals surface area contributed by atoms with Crippen molar-refractivity contribution in [1.82, 2.24) is 20.2 Å². The van der Waals surface area contributed by atoms with Gasteiger partial charge in [0.2, 0.25) is 0 Å². The molecule has 0 bridgehead atoms. The van der Waals surface area contributed by atoms with Crippen LogP contribution in [0, 0.1) is 6.92 Å².